The maximum Gasteiger partial charge on any atom is 0.340 e. The van der Waals surface area contributed by atoms with Crippen molar-refractivity contribution < 1.29 is 29.6 Å². The summed E-state index contributed by atoms with van der Waals surface area (Å²) in [5, 5.41) is 33.4. The zero-order valence-electron chi connectivity index (χ0n) is 23.9. The van der Waals surface area contributed by atoms with E-state index in [0.29, 0.717) is 45.8 Å². The van der Waals surface area contributed by atoms with Crippen molar-refractivity contribution >= 4 is 43.8 Å². The normalized spacial score (nSPS) is 13.8. The number of cyclic esters (lactones) is 1. The molecule has 0 fully saturated rings. The van der Waals surface area contributed by atoms with Gasteiger partial charge < -0.3 is 20.1 Å². The number of aromatic carboxylic acids is 1. The molecule has 6 nitrogen and oxygen atoms in total. The number of ether oxygens (including phenoxy) is 1. The van der Waals surface area contributed by atoms with Gasteiger partial charge in [-0.2, -0.15) is 0 Å². The molecule has 218 valence electrons. The van der Waals surface area contributed by atoms with Gasteiger partial charge in [-0.1, -0.05) is 59.4 Å². The number of phenolic OH excluding ortho intramolecular Hbond substituents is 2. The molecule has 0 saturated carbocycles. The third-order valence-corrected chi connectivity index (χ3v) is 9.39. The van der Waals surface area contributed by atoms with Crippen LogP contribution >= 0.6 is 31.9 Å². The van der Waals surface area contributed by atoms with E-state index in [1.54, 1.807) is 6.07 Å². The fourth-order valence-electron chi connectivity index (χ4n) is 6.08. The minimum atomic E-state index is -1.77. The summed E-state index contributed by atoms with van der Waals surface area (Å²) in [6.07, 6.45) is 5.92. The zero-order chi connectivity index (χ0) is 30.1. The number of carboxylic acids is 1. The first-order valence-corrected chi connectivity index (χ1v) is 15.8. The quantitative estimate of drug-likeness (QED) is 0.175. The molecule has 0 radical (unpaired) electrons. The van der Waals surface area contributed by atoms with Crippen molar-refractivity contribution in [2.24, 2.45) is 0 Å². The number of carboxylic acid groups (broad SMARTS) is 1. The van der Waals surface area contributed by atoms with Crippen molar-refractivity contribution in [1.82, 2.24) is 0 Å². The van der Waals surface area contributed by atoms with Crippen molar-refractivity contribution in [2.45, 2.75) is 84.7 Å². The summed E-state index contributed by atoms with van der Waals surface area (Å²) in [6, 6.07) is 8.38. The first-order chi connectivity index (χ1) is 19.6. The highest BCUT2D eigenvalue weighted by Gasteiger charge is 2.54. The lowest BCUT2D eigenvalue weighted by molar-refractivity contribution is 0.0239. The van der Waals surface area contributed by atoms with E-state index in [0.717, 1.165) is 47.9 Å². The highest BCUT2D eigenvalue weighted by atomic mass is 79.9. The van der Waals surface area contributed by atoms with Crippen LogP contribution in [0.2, 0.25) is 0 Å². The molecule has 0 bridgehead atoms. The van der Waals surface area contributed by atoms with E-state index in [1.165, 1.54) is 12.1 Å². The maximum atomic E-state index is 13.6. The molecule has 41 heavy (non-hydrogen) atoms. The first kappa shape index (κ1) is 31.1. The summed E-state index contributed by atoms with van der Waals surface area (Å²) >= 11 is 7.25. The summed E-state index contributed by atoms with van der Waals surface area (Å²) in [5.41, 5.74) is 2.68. The number of hydrogen-bond acceptors (Lipinski definition) is 5. The molecule has 0 amide bonds. The first-order valence-electron chi connectivity index (χ1n) is 14.3. The monoisotopic (exact) mass is 686 g/mol. The van der Waals surface area contributed by atoms with Crippen molar-refractivity contribution in [3.05, 3.63) is 89.3 Å². The molecule has 0 atom stereocenters. The third kappa shape index (κ3) is 5.18. The van der Waals surface area contributed by atoms with Crippen molar-refractivity contribution in [3.63, 3.8) is 0 Å². The van der Waals surface area contributed by atoms with Gasteiger partial charge in [0.1, 0.15) is 11.5 Å². The Balaban J connectivity index is 2.25. The van der Waals surface area contributed by atoms with Crippen LogP contribution in [-0.2, 0) is 36.0 Å². The van der Waals surface area contributed by atoms with Gasteiger partial charge in [-0.3, -0.25) is 0 Å². The Kier molecular flexibility index (Phi) is 9.54. The number of benzene rings is 3. The van der Waals surface area contributed by atoms with Gasteiger partial charge in [0.2, 0.25) is 0 Å². The van der Waals surface area contributed by atoms with E-state index in [4.69, 9.17) is 4.74 Å². The Morgan fingerprint density at radius 1 is 0.805 bits per heavy atom. The van der Waals surface area contributed by atoms with Crippen LogP contribution in [0, 0.1) is 0 Å². The molecular weight excluding hydrogens is 652 g/mol. The zero-order valence-corrected chi connectivity index (χ0v) is 27.0. The van der Waals surface area contributed by atoms with Crippen LogP contribution in [-0.4, -0.2) is 27.3 Å². The number of hydrogen-bond donors (Lipinski definition) is 3. The minimum Gasteiger partial charge on any atom is -0.506 e. The molecule has 3 aromatic carbocycles. The molecule has 0 saturated heterocycles. The summed E-state index contributed by atoms with van der Waals surface area (Å²) < 4.78 is 6.98. The molecule has 1 aliphatic rings. The Labute approximate surface area is 258 Å². The topological polar surface area (TPSA) is 104 Å². The van der Waals surface area contributed by atoms with Crippen molar-refractivity contribution in [2.75, 3.05) is 0 Å². The van der Waals surface area contributed by atoms with Crippen LogP contribution in [0.15, 0.2) is 39.3 Å². The fraction of sp³-hybridized carbons (Fsp3) is 0.394. The van der Waals surface area contributed by atoms with Crippen molar-refractivity contribution in [1.29, 1.82) is 0 Å². The molecule has 4 rings (SSSR count). The molecule has 1 aliphatic heterocycles. The molecule has 0 unspecified atom stereocenters. The number of esters is 1. The highest BCUT2D eigenvalue weighted by molar-refractivity contribution is 9.11. The average molecular weight is 688 g/mol. The maximum absolute atomic E-state index is 13.6. The van der Waals surface area contributed by atoms with Gasteiger partial charge >= 0.3 is 11.9 Å². The lowest BCUT2D eigenvalue weighted by atomic mass is 9.75. The molecule has 0 aliphatic carbocycles. The number of carbonyl (C=O) groups is 2. The highest BCUT2D eigenvalue weighted by Crippen LogP contribution is 2.56. The number of aromatic hydroxyl groups is 2. The lowest BCUT2D eigenvalue weighted by Gasteiger charge is -2.35. The van der Waals surface area contributed by atoms with E-state index in [9.17, 15) is 24.9 Å². The predicted octanol–water partition coefficient (Wildman–Crippen LogP) is 8.59. The van der Waals surface area contributed by atoms with E-state index in [2.05, 4.69) is 45.7 Å². The van der Waals surface area contributed by atoms with E-state index in [-0.39, 0.29) is 28.2 Å². The predicted molar refractivity (Wildman–Crippen MR) is 166 cm³/mol. The largest absolute Gasteiger partial charge is 0.506 e. The summed E-state index contributed by atoms with van der Waals surface area (Å²) in [5.74, 6) is -1.80. The van der Waals surface area contributed by atoms with Gasteiger partial charge in [0.15, 0.2) is 5.60 Å². The summed E-state index contributed by atoms with van der Waals surface area (Å²) in [7, 11) is 0. The Morgan fingerprint density at radius 3 is 1.68 bits per heavy atom. The van der Waals surface area contributed by atoms with Crippen molar-refractivity contribution in [3.8, 4) is 11.5 Å². The van der Waals surface area contributed by atoms with Gasteiger partial charge in [-0.05, 0) is 104 Å². The Bertz CT molecular complexity index is 1440. The number of aryl methyl sites for hydroxylation is 2. The molecule has 3 N–H and O–H groups in total. The Hall–Kier alpha value is -2.84. The minimum absolute atomic E-state index is 0.0428. The second-order valence-corrected chi connectivity index (χ2v) is 12.1. The van der Waals surface area contributed by atoms with Crippen LogP contribution in [0.5, 0.6) is 11.5 Å². The molecule has 0 aromatic heterocycles. The van der Waals surface area contributed by atoms with Gasteiger partial charge in [-0.15, -0.1) is 0 Å². The molecule has 0 spiro atoms. The SMILES string of the molecule is CCCc1cc(C2(c3cc(CCC)c(CCC)c(O)c3Br)OC(=O)c3cccc(C(=O)O)c32)c(Br)c(O)c1CCC. The summed E-state index contributed by atoms with van der Waals surface area (Å²) in [4.78, 5) is 26.2. The van der Waals surface area contributed by atoms with E-state index >= 15 is 0 Å². The third-order valence-electron chi connectivity index (χ3n) is 7.78. The van der Waals surface area contributed by atoms with Crippen LogP contribution in [0.4, 0.5) is 0 Å². The second-order valence-electron chi connectivity index (χ2n) is 10.6. The summed E-state index contributed by atoms with van der Waals surface area (Å²) in [6.45, 7) is 8.19. The molecule has 1 heterocycles. The number of halogens is 2. The Morgan fingerprint density at radius 2 is 1.27 bits per heavy atom. The smallest absolute Gasteiger partial charge is 0.340 e. The second kappa shape index (κ2) is 12.6. The van der Waals surface area contributed by atoms with Crippen LogP contribution in [0.25, 0.3) is 0 Å². The van der Waals surface area contributed by atoms with Crippen LogP contribution in [0.1, 0.15) is 113 Å². The van der Waals surface area contributed by atoms with Gasteiger partial charge in [0.05, 0.1) is 20.1 Å². The fourth-order valence-corrected chi connectivity index (χ4v) is 7.34. The number of fused-ring (bicyclic) bond motifs is 1. The number of phenols is 2. The van der Waals surface area contributed by atoms with Gasteiger partial charge in [-0.25, -0.2) is 9.59 Å². The lowest BCUT2D eigenvalue weighted by Crippen LogP contribution is -2.33. The molecule has 3 aromatic rings. The average Bonchev–Trinajstić information content (AvgIpc) is 3.25. The van der Waals surface area contributed by atoms with E-state index in [1.807, 2.05) is 26.0 Å². The number of rotatable bonds is 11. The molecular formula is C33H36Br2O6. The molecule has 8 heteroatoms. The van der Waals surface area contributed by atoms with E-state index < -0.39 is 17.5 Å². The number of carbonyl (C=O) groups excluding carboxylic acids is 1. The standard InChI is InChI=1S/C33H36Br2O6/c1-5-10-18-16-24(27(34)29(36)20(18)12-7-3)33(26-22(31(38)39)14-9-15-23(26)32(40)41-33)25-17-19(11-6-2)21(13-8-4)30(37)28(25)35/h9,14-17,36-37H,5-8,10-13H2,1-4H3,(H,38,39). The van der Waals surface area contributed by atoms with Crippen LogP contribution < -0.4 is 0 Å². The van der Waals surface area contributed by atoms with Gasteiger partial charge in [0, 0.05) is 16.7 Å². The van der Waals surface area contributed by atoms with Crippen LogP contribution in [0.3, 0.4) is 0 Å². The van der Waals surface area contributed by atoms with Gasteiger partial charge in [0.25, 0.3) is 0 Å².